The minimum atomic E-state index is 0.258. The van der Waals surface area contributed by atoms with Gasteiger partial charge in [0.05, 0.1) is 0 Å². The van der Waals surface area contributed by atoms with Crippen LogP contribution >= 0.6 is 0 Å². The first-order valence-corrected chi connectivity index (χ1v) is 6.01. The highest BCUT2D eigenvalue weighted by atomic mass is 16.2. The number of nitrogens with zero attached hydrogens (tertiary/aromatic N) is 2. The maximum absolute atomic E-state index is 8.78. The molecule has 0 aliphatic heterocycles. The quantitative estimate of drug-likeness (QED) is 0.792. The molecule has 0 saturated heterocycles. The van der Waals surface area contributed by atoms with E-state index in [-0.39, 0.29) is 6.61 Å². The summed E-state index contributed by atoms with van der Waals surface area (Å²) < 4.78 is 0. The van der Waals surface area contributed by atoms with Gasteiger partial charge in [0.2, 0.25) is 0 Å². The Morgan fingerprint density at radius 3 is 3.12 bits per heavy atom. The van der Waals surface area contributed by atoms with Crippen LogP contribution in [0.2, 0.25) is 0 Å². The molecule has 2 N–H and O–H groups in total. The lowest BCUT2D eigenvalue weighted by atomic mass is 10.1. The van der Waals surface area contributed by atoms with Crippen LogP contribution in [-0.4, -0.2) is 27.7 Å². The predicted octanol–water partition coefficient (Wildman–Crippen LogP) is 1.54. The molecule has 0 bridgehead atoms. The van der Waals surface area contributed by atoms with E-state index in [1.807, 2.05) is 0 Å². The van der Waals surface area contributed by atoms with Crippen LogP contribution in [0.3, 0.4) is 0 Å². The van der Waals surface area contributed by atoms with Crippen molar-refractivity contribution in [2.24, 2.45) is 0 Å². The van der Waals surface area contributed by atoms with E-state index in [9.17, 15) is 0 Å². The molecular formula is C12H19N3O. The molecule has 0 radical (unpaired) electrons. The molecule has 1 atom stereocenters. The van der Waals surface area contributed by atoms with Gasteiger partial charge in [-0.2, -0.15) is 0 Å². The number of fused-ring (bicyclic) bond motifs is 1. The molecule has 4 nitrogen and oxygen atoms in total. The van der Waals surface area contributed by atoms with Crippen molar-refractivity contribution in [3.8, 4) is 0 Å². The van der Waals surface area contributed by atoms with E-state index in [1.165, 1.54) is 17.7 Å². The smallest absolute Gasteiger partial charge is 0.133 e. The van der Waals surface area contributed by atoms with Gasteiger partial charge in [0, 0.05) is 23.9 Å². The highest BCUT2D eigenvalue weighted by Gasteiger charge is 2.17. The van der Waals surface area contributed by atoms with E-state index in [2.05, 4.69) is 22.2 Å². The van der Waals surface area contributed by atoms with Crippen LogP contribution in [-0.2, 0) is 12.8 Å². The Morgan fingerprint density at radius 2 is 2.31 bits per heavy atom. The Balaban J connectivity index is 2.01. The van der Waals surface area contributed by atoms with Crippen LogP contribution in [0, 0.1) is 0 Å². The fourth-order valence-corrected chi connectivity index (χ4v) is 2.19. The molecule has 0 fully saturated rings. The topological polar surface area (TPSA) is 58.0 Å². The second-order valence-electron chi connectivity index (χ2n) is 4.41. The number of nitrogens with one attached hydrogen (secondary N) is 1. The summed E-state index contributed by atoms with van der Waals surface area (Å²) in [5, 5.41) is 12.2. The Morgan fingerprint density at radius 1 is 1.44 bits per heavy atom. The molecule has 1 unspecified atom stereocenters. The fourth-order valence-electron chi connectivity index (χ4n) is 2.19. The van der Waals surface area contributed by atoms with Gasteiger partial charge in [-0.15, -0.1) is 0 Å². The lowest BCUT2D eigenvalue weighted by molar-refractivity contribution is 0.282. The number of aryl methyl sites for hydroxylation is 1. The number of aromatic nitrogens is 2. The standard InChI is InChI=1S/C12H19N3O/c1-9(4-3-7-16)15-12-10-5-2-6-11(10)13-8-14-12/h8-9,16H,2-7H2,1H3,(H,13,14,15). The maximum atomic E-state index is 8.78. The molecule has 1 aromatic heterocycles. The summed E-state index contributed by atoms with van der Waals surface area (Å²) in [7, 11) is 0. The molecule has 0 amide bonds. The maximum Gasteiger partial charge on any atom is 0.133 e. The molecule has 88 valence electrons. The van der Waals surface area contributed by atoms with Gasteiger partial charge in [-0.1, -0.05) is 0 Å². The minimum absolute atomic E-state index is 0.258. The monoisotopic (exact) mass is 221 g/mol. The first-order valence-electron chi connectivity index (χ1n) is 6.01. The third-order valence-corrected chi connectivity index (χ3v) is 3.05. The molecule has 1 aromatic rings. The molecule has 0 saturated carbocycles. The Labute approximate surface area is 96.1 Å². The SMILES string of the molecule is CC(CCCO)Nc1ncnc2c1CCC2. The molecule has 0 aromatic carbocycles. The van der Waals surface area contributed by atoms with Gasteiger partial charge >= 0.3 is 0 Å². The van der Waals surface area contributed by atoms with E-state index >= 15 is 0 Å². The third-order valence-electron chi connectivity index (χ3n) is 3.05. The number of hydrogen-bond acceptors (Lipinski definition) is 4. The Bertz CT molecular complexity index is 354. The number of anilines is 1. The molecule has 2 rings (SSSR count). The van der Waals surface area contributed by atoms with Crippen molar-refractivity contribution in [2.75, 3.05) is 11.9 Å². The first-order chi connectivity index (χ1) is 7.81. The second kappa shape index (κ2) is 5.25. The van der Waals surface area contributed by atoms with Crippen LogP contribution in [0.25, 0.3) is 0 Å². The van der Waals surface area contributed by atoms with Crippen LogP contribution in [0.1, 0.15) is 37.4 Å². The van der Waals surface area contributed by atoms with Crippen molar-refractivity contribution >= 4 is 5.82 Å². The average Bonchev–Trinajstić information content (AvgIpc) is 2.75. The van der Waals surface area contributed by atoms with Crippen LogP contribution in [0.5, 0.6) is 0 Å². The van der Waals surface area contributed by atoms with E-state index in [1.54, 1.807) is 6.33 Å². The van der Waals surface area contributed by atoms with Gasteiger partial charge in [-0.05, 0) is 39.0 Å². The van der Waals surface area contributed by atoms with Crippen LogP contribution in [0.4, 0.5) is 5.82 Å². The molecule has 0 spiro atoms. The van der Waals surface area contributed by atoms with Crippen molar-refractivity contribution in [2.45, 2.75) is 45.1 Å². The Hall–Kier alpha value is -1.16. The van der Waals surface area contributed by atoms with Crippen molar-refractivity contribution in [1.82, 2.24) is 9.97 Å². The van der Waals surface area contributed by atoms with E-state index in [0.717, 1.165) is 31.5 Å². The molecule has 1 heterocycles. The summed E-state index contributed by atoms with van der Waals surface area (Å²) in [6, 6.07) is 0.353. The predicted molar refractivity (Wildman–Crippen MR) is 63.5 cm³/mol. The molecule has 4 heteroatoms. The van der Waals surface area contributed by atoms with E-state index in [4.69, 9.17) is 5.11 Å². The zero-order valence-electron chi connectivity index (χ0n) is 9.74. The highest BCUT2D eigenvalue weighted by molar-refractivity contribution is 5.48. The second-order valence-corrected chi connectivity index (χ2v) is 4.41. The average molecular weight is 221 g/mol. The highest BCUT2D eigenvalue weighted by Crippen LogP contribution is 2.25. The van der Waals surface area contributed by atoms with E-state index in [0.29, 0.717) is 6.04 Å². The normalized spacial score (nSPS) is 15.9. The number of aliphatic hydroxyl groups excluding tert-OH is 1. The van der Waals surface area contributed by atoms with Crippen LogP contribution < -0.4 is 5.32 Å². The van der Waals surface area contributed by atoms with Gasteiger partial charge in [-0.3, -0.25) is 0 Å². The number of aliphatic hydroxyl groups is 1. The van der Waals surface area contributed by atoms with Gasteiger partial charge in [-0.25, -0.2) is 9.97 Å². The Kier molecular flexibility index (Phi) is 3.72. The summed E-state index contributed by atoms with van der Waals surface area (Å²) in [5.74, 6) is 0.993. The zero-order valence-corrected chi connectivity index (χ0v) is 9.74. The third kappa shape index (κ3) is 2.50. The van der Waals surface area contributed by atoms with E-state index < -0.39 is 0 Å². The van der Waals surface area contributed by atoms with Crippen molar-refractivity contribution in [1.29, 1.82) is 0 Å². The number of rotatable bonds is 5. The van der Waals surface area contributed by atoms with Crippen molar-refractivity contribution in [3.05, 3.63) is 17.6 Å². The summed E-state index contributed by atoms with van der Waals surface area (Å²) in [6.45, 7) is 2.38. The van der Waals surface area contributed by atoms with Gasteiger partial charge in [0.1, 0.15) is 12.1 Å². The van der Waals surface area contributed by atoms with Gasteiger partial charge in [0.15, 0.2) is 0 Å². The molecule has 16 heavy (non-hydrogen) atoms. The minimum Gasteiger partial charge on any atom is -0.396 e. The summed E-state index contributed by atoms with van der Waals surface area (Å²) in [4.78, 5) is 8.61. The fraction of sp³-hybridized carbons (Fsp3) is 0.667. The van der Waals surface area contributed by atoms with Crippen LogP contribution in [0.15, 0.2) is 6.33 Å². The van der Waals surface area contributed by atoms with Gasteiger partial charge < -0.3 is 10.4 Å². The number of hydrogen-bond donors (Lipinski definition) is 2. The van der Waals surface area contributed by atoms with Gasteiger partial charge in [0.25, 0.3) is 0 Å². The molecular weight excluding hydrogens is 202 g/mol. The largest absolute Gasteiger partial charge is 0.396 e. The summed E-state index contributed by atoms with van der Waals surface area (Å²) in [5.41, 5.74) is 2.49. The first kappa shape index (κ1) is 11.3. The summed E-state index contributed by atoms with van der Waals surface area (Å²) >= 11 is 0. The van der Waals surface area contributed by atoms with Crippen molar-refractivity contribution in [3.63, 3.8) is 0 Å². The zero-order chi connectivity index (χ0) is 11.4. The lowest BCUT2D eigenvalue weighted by Crippen LogP contribution is -2.18. The van der Waals surface area contributed by atoms with Crippen molar-refractivity contribution < 1.29 is 5.11 Å². The molecule has 1 aliphatic carbocycles. The lowest BCUT2D eigenvalue weighted by Gasteiger charge is -2.15. The summed E-state index contributed by atoms with van der Waals surface area (Å²) in [6.07, 6.45) is 6.80. The molecule has 1 aliphatic rings.